The highest BCUT2D eigenvalue weighted by atomic mass is 35.5. The molecule has 0 aromatic rings. The Morgan fingerprint density at radius 3 is 1.89 bits per heavy atom. The number of nitrogens with zero attached hydrogens (tertiary/aromatic N) is 2. The normalized spacial score (nSPS) is 15.4. The van der Waals surface area contributed by atoms with Crippen LogP contribution >= 0.6 is 12.4 Å². The van der Waals surface area contributed by atoms with Gasteiger partial charge in [-0.1, -0.05) is 20.8 Å². The van der Waals surface area contributed by atoms with Crippen molar-refractivity contribution in [1.29, 1.82) is 0 Å². The third-order valence-corrected chi connectivity index (χ3v) is 5.51. The minimum atomic E-state index is -3.44. The molecule has 2 atom stereocenters. The van der Waals surface area contributed by atoms with Crippen LogP contribution in [0, 0.1) is 5.41 Å². The van der Waals surface area contributed by atoms with Crippen LogP contribution in [0.15, 0.2) is 0 Å². The Labute approximate surface area is 172 Å². The van der Waals surface area contributed by atoms with Crippen molar-refractivity contribution >= 4 is 28.4 Å². The fourth-order valence-corrected chi connectivity index (χ4v) is 3.64. The van der Waals surface area contributed by atoms with Crippen molar-refractivity contribution in [2.24, 2.45) is 5.41 Å². The van der Waals surface area contributed by atoms with Crippen molar-refractivity contribution < 1.29 is 22.7 Å². The molecule has 0 unspecified atom stereocenters. The predicted octanol–water partition coefficient (Wildman–Crippen LogP) is 2.39. The molecular formula is C18H39ClN2O5S. The standard InChI is InChI=1S/C18H38N2O5S.ClH/c1-14(17(2,3)4)25-15(13-24-16(21)12-19(8)9)11-20(18(5,6)7)26(10,22)23;/h14-15H,11-13H2,1-10H3;1H/t14-,15-;/m0./s1. The van der Waals surface area contributed by atoms with Gasteiger partial charge in [0.05, 0.1) is 18.9 Å². The molecule has 0 amide bonds. The molecule has 0 aromatic carbocycles. The van der Waals surface area contributed by atoms with Gasteiger partial charge in [-0.05, 0) is 47.2 Å². The SMILES string of the molecule is C[C@H](O[C@H](COC(=O)CN(C)C)CN(C(C)(C)C)S(C)(=O)=O)C(C)(C)C.Cl. The highest BCUT2D eigenvalue weighted by Crippen LogP contribution is 2.25. The van der Waals surface area contributed by atoms with E-state index in [0.717, 1.165) is 0 Å². The molecule has 7 nitrogen and oxygen atoms in total. The number of ether oxygens (including phenoxy) is 2. The largest absolute Gasteiger partial charge is 0.462 e. The van der Waals surface area contributed by atoms with E-state index < -0.39 is 21.7 Å². The summed E-state index contributed by atoms with van der Waals surface area (Å²) in [6.45, 7) is 13.9. The lowest BCUT2D eigenvalue weighted by molar-refractivity contribution is -0.152. The van der Waals surface area contributed by atoms with Gasteiger partial charge in [-0.25, -0.2) is 8.42 Å². The summed E-state index contributed by atoms with van der Waals surface area (Å²) in [6, 6.07) is 0. The third-order valence-electron chi connectivity index (χ3n) is 4.01. The summed E-state index contributed by atoms with van der Waals surface area (Å²) < 4.78 is 37.3. The number of carbonyl (C=O) groups is 1. The van der Waals surface area contributed by atoms with Gasteiger partial charge in [-0.2, -0.15) is 4.31 Å². The molecule has 0 aromatic heterocycles. The van der Waals surface area contributed by atoms with Gasteiger partial charge in [-0.15, -0.1) is 12.4 Å². The van der Waals surface area contributed by atoms with Crippen LogP contribution in [0.2, 0.25) is 0 Å². The van der Waals surface area contributed by atoms with Crippen LogP contribution in [-0.4, -0.2) is 81.4 Å². The van der Waals surface area contributed by atoms with Crippen molar-refractivity contribution in [3.63, 3.8) is 0 Å². The van der Waals surface area contributed by atoms with E-state index in [2.05, 4.69) is 0 Å². The molecule has 9 heteroatoms. The van der Waals surface area contributed by atoms with Gasteiger partial charge in [0.2, 0.25) is 10.0 Å². The maximum atomic E-state index is 12.2. The molecule has 0 bridgehead atoms. The number of likely N-dealkylation sites (N-methyl/N-ethyl adjacent to an activating group) is 1. The zero-order valence-electron chi connectivity index (χ0n) is 18.5. The molecule has 0 saturated carbocycles. The molecule has 0 N–H and O–H groups in total. The highest BCUT2D eigenvalue weighted by molar-refractivity contribution is 7.88. The van der Waals surface area contributed by atoms with E-state index in [1.165, 1.54) is 10.6 Å². The van der Waals surface area contributed by atoms with E-state index in [1.807, 2.05) is 48.5 Å². The van der Waals surface area contributed by atoms with Crippen molar-refractivity contribution in [3.05, 3.63) is 0 Å². The van der Waals surface area contributed by atoms with Gasteiger partial charge in [0.1, 0.15) is 12.7 Å². The second-order valence-corrected chi connectivity index (χ2v) is 11.1. The number of hydrogen-bond donors (Lipinski definition) is 0. The van der Waals surface area contributed by atoms with Crippen LogP contribution in [0.5, 0.6) is 0 Å². The summed E-state index contributed by atoms with van der Waals surface area (Å²) in [4.78, 5) is 13.6. The Morgan fingerprint density at radius 2 is 1.56 bits per heavy atom. The van der Waals surface area contributed by atoms with Crippen LogP contribution < -0.4 is 0 Å². The zero-order valence-corrected chi connectivity index (χ0v) is 20.2. The lowest BCUT2D eigenvalue weighted by atomic mass is 9.90. The van der Waals surface area contributed by atoms with E-state index in [-0.39, 0.29) is 49.6 Å². The Kier molecular flexibility index (Phi) is 11.7. The number of hydrogen-bond acceptors (Lipinski definition) is 6. The van der Waals surface area contributed by atoms with Crippen molar-refractivity contribution in [2.45, 2.75) is 66.2 Å². The van der Waals surface area contributed by atoms with Gasteiger partial charge in [0.25, 0.3) is 0 Å². The quantitative estimate of drug-likeness (QED) is 0.523. The summed E-state index contributed by atoms with van der Waals surface area (Å²) in [5, 5.41) is 0. The average molecular weight is 431 g/mol. The fourth-order valence-electron chi connectivity index (χ4n) is 2.21. The van der Waals surface area contributed by atoms with E-state index in [0.29, 0.717) is 0 Å². The van der Waals surface area contributed by atoms with Crippen LogP contribution in [0.1, 0.15) is 48.5 Å². The molecule has 0 radical (unpaired) electrons. The van der Waals surface area contributed by atoms with Crippen molar-refractivity contribution in [1.82, 2.24) is 9.21 Å². The molecule has 0 aliphatic carbocycles. The maximum absolute atomic E-state index is 12.2. The summed E-state index contributed by atoms with van der Waals surface area (Å²) in [5.74, 6) is -0.367. The average Bonchev–Trinajstić information content (AvgIpc) is 2.36. The Hall–Kier alpha value is -0.410. The molecule has 0 fully saturated rings. The smallest absolute Gasteiger partial charge is 0.320 e. The molecule has 27 heavy (non-hydrogen) atoms. The topological polar surface area (TPSA) is 76.2 Å². The van der Waals surface area contributed by atoms with E-state index in [4.69, 9.17) is 9.47 Å². The molecule has 0 saturated heterocycles. The van der Waals surface area contributed by atoms with Gasteiger partial charge in [-0.3, -0.25) is 9.69 Å². The molecule has 0 heterocycles. The second-order valence-electron chi connectivity index (χ2n) is 9.15. The van der Waals surface area contributed by atoms with E-state index >= 15 is 0 Å². The van der Waals surface area contributed by atoms with Crippen molar-refractivity contribution in [3.8, 4) is 0 Å². The zero-order chi connectivity index (χ0) is 20.9. The lowest BCUT2D eigenvalue weighted by Crippen LogP contribution is -2.51. The molecular weight excluding hydrogens is 392 g/mol. The predicted molar refractivity (Wildman–Crippen MR) is 112 cm³/mol. The first-order chi connectivity index (χ1) is 11.4. The Bertz CT molecular complexity index is 553. The minimum absolute atomic E-state index is 0. The minimum Gasteiger partial charge on any atom is -0.462 e. The van der Waals surface area contributed by atoms with Gasteiger partial charge < -0.3 is 9.47 Å². The Morgan fingerprint density at radius 1 is 1.07 bits per heavy atom. The number of esters is 1. The molecule has 0 spiro atoms. The summed E-state index contributed by atoms with van der Waals surface area (Å²) >= 11 is 0. The maximum Gasteiger partial charge on any atom is 0.320 e. The Balaban J connectivity index is 0. The second kappa shape index (κ2) is 11.0. The monoisotopic (exact) mass is 430 g/mol. The summed E-state index contributed by atoms with van der Waals surface area (Å²) in [7, 11) is 0.117. The van der Waals surface area contributed by atoms with Crippen molar-refractivity contribution in [2.75, 3.05) is 40.0 Å². The number of rotatable bonds is 9. The molecule has 0 aliphatic heterocycles. The lowest BCUT2D eigenvalue weighted by Gasteiger charge is -2.38. The van der Waals surface area contributed by atoms with Gasteiger partial charge in [0, 0.05) is 12.1 Å². The number of carbonyl (C=O) groups excluding carboxylic acids is 1. The third kappa shape index (κ3) is 11.9. The molecule has 0 aliphatic rings. The molecule has 164 valence electrons. The molecule has 0 rings (SSSR count). The van der Waals surface area contributed by atoms with Gasteiger partial charge >= 0.3 is 5.97 Å². The van der Waals surface area contributed by atoms with E-state index in [9.17, 15) is 13.2 Å². The summed E-state index contributed by atoms with van der Waals surface area (Å²) in [5.41, 5.74) is -0.725. The number of halogens is 1. The van der Waals surface area contributed by atoms with Crippen LogP contribution in [-0.2, 0) is 24.3 Å². The first-order valence-corrected chi connectivity index (χ1v) is 10.7. The van der Waals surface area contributed by atoms with E-state index in [1.54, 1.807) is 19.0 Å². The fraction of sp³-hybridized carbons (Fsp3) is 0.944. The summed E-state index contributed by atoms with van der Waals surface area (Å²) in [6.07, 6.45) is 0.492. The van der Waals surface area contributed by atoms with Crippen LogP contribution in [0.3, 0.4) is 0 Å². The first kappa shape index (κ1) is 28.8. The first-order valence-electron chi connectivity index (χ1n) is 8.88. The highest BCUT2D eigenvalue weighted by Gasteiger charge is 2.34. The van der Waals surface area contributed by atoms with Crippen LogP contribution in [0.25, 0.3) is 0 Å². The van der Waals surface area contributed by atoms with Crippen LogP contribution in [0.4, 0.5) is 0 Å². The number of sulfonamides is 1. The van der Waals surface area contributed by atoms with Gasteiger partial charge in [0.15, 0.2) is 0 Å².